The Labute approximate surface area is 136 Å². The SMILES string of the molecule is O=C(C[C@@H]1CCCO1)N1CCC[C@H](c2nc3ccccc3[nH]2)C1. The molecule has 2 saturated heterocycles. The van der Waals surface area contributed by atoms with Crippen LogP contribution in [0.15, 0.2) is 24.3 Å². The van der Waals surface area contributed by atoms with E-state index in [4.69, 9.17) is 9.72 Å². The number of likely N-dealkylation sites (tertiary alicyclic amines) is 1. The van der Waals surface area contributed by atoms with E-state index in [1.165, 1.54) is 0 Å². The second-order valence-electron chi connectivity index (χ2n) is 6.66. The van der Waals surface area contributed by atoms with Crippen LogP contribution in [0.5, 0.6) is 0 Å². The number of nitrogens with zero attached hydrogens (tertiary/aromatic N) is 2. The third-order valence-electron chi connectivity index (χ3n) is 4.99. The number of para-hydroxylation sites is 2. The second-order valence-corrected chi connectivity index (χ2v) is 6.66. The van der Waals surface area contributed by atoms with Crippen LogP contribution in [-0.4, -0.2) is 46.6 Å². The van der Waals surface area contributed by atoms with Gasteiger partial charge in [0.15, 0.2) is 0 Å². The molecule has 2 aromatic rings. The summed E-state index contributed by atoms with van der Waals surface area (Å²) < 4.78 is 5.60. The molecule has 2 atom stereocenters. The molecular weight excluding hydrogens is 290 g/mol. The van der Waals surface area contributed by atoms with Gasteiger partial charge in [0, 0.05) is 25.6 Å². The molecule has 122 valence electrons. The van der Waals surface area contributed by atoms with Crippen LogP contribution in [0, 0.1) is 0 Å². The first-order valence-electron chi connectivity index (χ1n) is 8.63. The fourth-order valence-electron chi connectivity index (χ4n) is 3.72. The smallest absolute Gasteiger partial charge is 0.225 e. The van der Waals surface area contributed by atoms with Gasteiger partial charge >= 0.3 is 0 Å². The minimum Gasteiger partial charge on any atom is -0.378 e. The van der Waals surface area contributed by atoms with Crippen LogP contribution >= 0.6 is 0 Å². The Bertz CT molecular complexity index is 657. The lowest BCUT2D eigenvalue weighted by atomic mass is 9.97. The first-order chi connectivity index (χ1) is 11.3. The molecule has 1 N–H and O–H groups in total. The highest BCUT2D eigenvalue weighted by Crippen LogP contribution is 2.27. The summed E-state index contributed by atoms with van der Waals surface area (Å²) in [6.45, 7) is 2.44. The molecule has 0 radical (unpaired) electrons. The number of carbonyl (C=O) groups is 1. The van der Waals surface area contributed by atoms with Crippen LogP contribution < -0.4 is 0 Å². The van der Waals surface area contributed by atoms with E-state index in [2.05, 4.69) is 11.1 Å². The Morgan fingerprint density at radius 1 is 1.30 bits per heavy atom. The van der Waals surface area contributed by atoms with Crippen molar-refractivity contribution < 1.29 is 9.53 Å². The Hall–Kier alpha value is -1.88. The van der Waals surface area contributed by atoms with E-state index in [0.29, 0.717) is 12.3 Å². The standard InChI is InChI=1S/C18H23N3O2/c22-17(11-14-6-4-10-23-14)21-9-3-5-13(12-21)18-19-15-7-1-2-8-16(15)20-18/h1-2,7-8,13-14H,3-6,9-12H2,(H,19,20)/t13-,14-/m0/s1. The molecule has 1 aromatic heterocycles. The van der Waals surface area contributed by atoms with Gasteiger partial charge in [-0.2, -0.15) is 0 Å². The van der Waals surface area contributed by atoms with Crippen LogP contribution in [0.3, 0.4) is 0 Å². The Balaban J connectivity index is 1.44. The highest BCUT2D eigenvalue weighted by atomic mass is 16.5. The Morgan fingerprint density at radius 3 is 3.04 bits per heavy atom. The molecule has 0 unspecified atom stereocenters. The second kappa shape index (κ2) is 6.32. The first kappa shape index (κ1) is 14.7. The molecule has 2 fully saturated rings. The molecule has 3 heterocycles. The number of fused-ring (bicyclic) bond motifs is 1. The number of benzene rings is 1. The maximum atomic E-state index is 12.5. The topological polar surface area (TPSA) is 58.2 Å². The quantitative estimate of drug-likeness (QED) is 0.948. The molecule has 5 nitrogen and oxygen atoms in total. The Morgan fingerprint density at radius 2 is 2.22 bits per heavy atom. The van der Waals surface area contributed by atoms with Crippen molar-refractivity contribution >= 4 is 16.9 Å². The summed E-state index contributed by atoms with van der Waals surface area (Å²) in [6.07, 6.45) is 4.90. The van der Waals surface area contributed by atoms with Crippen molar-refractivity contribution in [2.75, 3.05) is 19.7 Å². The lowest BCUT2D eigenvalue weighted by Crippen LogP contribution is -2.40. The Kier molecular flexibility index (Phi) is 4.04. The van der Waals surface area contributed by atoms with Crippen molar-refractivity contribution in [3.05, 3.63) is 30.1 Å². The fourth-order valence-corrected chi connectivity index (χ4v) is 3.72. The summed E-state index contributed by atoms with van der Waals surface area (Å²) in [6, 6.07) is 8.10. The predicted octanol–water partition coefficient (Wildman–Crippen LogP) is 2.84. The summed E-state index contributed by atoms with van der Waals surface area (Å²) in [4.78, 5) is 22.7. The zero-order valence-corrected chi connectivity index (χ0v) is 13.3. The van der Waals surface area contributed by atoms with Gasteiger partial charge < -0.3 is 14.6 Å². The van der Waals surface area contributed by atoms with Crippen LogP contribution in [0.25, 0.3) is 11.0 Å². The monoisotopic (exact) mass is 313 g/mol. The zero-order valence-electron chi connectivity index (χ0n) is 13.3. The lowest BCUT2D eigenvalue weighted by Gasteiger charge is -2.32. The maximum absolute atomic E-state index is 12.5. The average molecular weight is 313 g/mol. The van der Waals surface area contributed by atoms with Crippen molar-refractivity contribution in [1.29, 1.82) is 0 Å². The molecular formula is C18H23N3O2. The molecule has 23 heavy (non-hydrogen) atoms. The lowest BCUT2D eigenvalue weighted by molar-refractivity contribution is -0.134. The normalized spacial score (nSPS) is 25.1. The van der Waals surface area contributed by atoms with Gasteiger partial charge in [0.2, 0.25) is 5.91 Å². The van der Waals surface area contributed by atoms with E-state index >= 15 is 0 Å². The number of hydrogen-bond acceptors (Lipinski definition) is 3. The molecule has 0 spiro atoms. The average Bonchev–Trinajstić information content (AvgIpc) is 3.24. The van der Waals surface area contributed by atoms with Gasteiger partial charge in [0.05, 0.1) is 23.6 Å². The number of ether oxygens (including phenoxy) is 1. The van der Waals surface area contributed by atoms with E-state index in [9.17, 15) is 4.79 Å². The number of piperidine rings is 1. The highest BCUT2D eigenvalue weighted by Gasteiger charge is 2.29. The minimum atomic E-state index is 0.133. The van der Waals surface area contributed by atoms with Crippen molar-refractivity contribution in [3.8, 4) is 0 Å². The number of amides is 1. The van der Waals surface area contributed by atoms with Crippen LogP contribution in [-0.2, 0) is 9.53 Å². The predicted molar refractivity (Wildman–Crippen MR) is 88.2 cm³/mol. The molecule has 1 aromatic carbocycles. The molecule has 4 rings (SSSR count). The van der Waals surface area contributed by atoms with Crippen molar-refractivity contribution in [3.63, 3.8) is 0 Å². The fraction of sp³-hybridized carbons (Fsp3) is 0.556. The summed E-state index contributed by atoms with van der Waals surface area (Å²) in [5.74, 6) is 1.56. The summed E-state index contributed by atoms with van der Waals surface area (Å²) in [5, 5.41) is 0. The van der Waals surface area contributed by atoms with Gasteiger partial charge in [-0.25, -0.2) is 4.98 Å². The van der Waals surface area contributed by atoms with Crippen molar-refractivity contribution in [1.82, 2.24) is 14.9 Å². The summed E-state index contributed by atoms with van der Waals surface area (Å²) in [5.41, 5.74) is 2.08. The number of nitrogens with one attached hydrogen (secondary N) is 1. The molecule has 2 aliphatic rings. The number of aromatic nitrogens is 2. The molecule has 5 heteroatoms. The van der Waals surface area contributed by atoms with Gasteiger partial charge in [0.25, 0.3) is 0 Å². The third-order valence-corrected chi connectivity index (χ3v) is 4.99. The highest BCUT2D eigenvalue weighted by molar-refractivity contribution is 5.77. The van der Waals surface area contributed by atoms with Gasteiger partial charge in [-0.05, 0) is 37.8 Å². The van der Waals surface area contributed by atoms with E-state index in [-0.39, 0.29) is 12.0 Å². The van der Waals surface area contributed by atoms with E-state index < -0.39 is 0 Å². The van der Waals surface area contributed by atoms with Gasteiger partial charge in [-0.3, -0.25) is 4.79 Å². The summed E-state index contributed by atoms with van der Waals surface area (Å²) in [7, 11) is 0. The zero-order chi connectivity index (χ0) is 15.6. The van der Waals surface area contributed by atoms with E-state index in [0.717, 1.165) is 62.2 Å². The van der Waals surface area contributed by atoms with Gasteiger partial charge in [0.1, 0.15) is 5.82 Å². The molecule has 1 amide bonds. The van der Waals surface area contributed by atoms with E-state index in [1.807, 2.05) is 23.1 Å². The molecule has 2 aliphatic heterocycles. The van der Waals surface area contributed by atoms with Gasteiger partial charge in [-0.1, -0.05) is 12.1 Å². The number of H-pyrrole nitrogens is 1. The number of carbonyl (C=O) groups excluding carboxylic acids is 1. The molecule has 0 aliphatic carbocycles. The van der Waals surface area contributed by atoms with Crippen LogP contribution in [0.2, 0.25) is 0 Å². The van der Waals surface area contributed by atoms with Crippen molar-refractivity contribution in [2.24, 2.45) is 0 Å². The maximum Gasteiger partial charge on any atom is 0.225 e. The minimum absolute atomic E-state index is 0.133. The number of hydrogen-bond donors (Lipinski definition) is 1. The number of aromatic amines is 1. The molecule has 0 bridgehead atoms. The third kappa shape index (κ3) is 3.11. The number of imidazole rings is 1. The van der Waals surface area contributed by atoms with Crippen molar-refractivity contribution in [2.45, 2.75) is 44.1 Å². The van der Waals surface area contributed by atoms with Crippen LogP contribution in [0.1, 0.15) is 43.8 Å². The van der Waals surface area contributed by atoms with Gasteiger partial charge in [-0.15, -0.1) is 0 Å². The first-order valence-corrected chi connectivity index (χ1v) is 8.63. The number of rotatable bonds is 3. The molecule has 0 saturated carbocycles. The summed E-state index contributed by atoms with van der Waals surface area (Å²) >= 11 is 0. The largest absolute Gasteiger partial charge is 0.378 e. The van der Waals surface area contributed by atoms with Crippen LogP contribution in [0.4, 0.5) is 0 Å². The van der Waals surface area contributed by atoms with E-state index in [1.54, 1.807) is 0 Å².